The van der Waals surface area contributed by atoms with Crippen molar-refractivity contribution in [3.8, 4) is 0 Å². The molecule has 2 aliphatic carbocycles. The minimum absolute atomic E-state index is 0.00544. The Morgan fingerprint density at radius 1 is 0.886 bits per heavy atom. The molecule has 2 saturated carbocycles. The van der Waals surface area contributed by atoms with Crippen molar-refractivity contribution in [3.63, 3.8) is 0 Å². The number of nitrogens with one attached hydrogen (secondary N) is 2. The van der Waals surface area contributed by atoms with E-state index in [4.69, 9.17) is 0 Å². The second kappa shape index (κ2) is 10.9. The summed E-state index contributed by atoms with van der Waals surface area (Å²) in [7, 11) is 0. The van der Waals surface area contributed by atoms with Crippen LogP contribution in [-0.2, 0) is 9.59 Å². The lowest BCUT2D eigenvalue weighted by Gasteiger charge is -2.48. The number of hydrogen-bond donors (Lipinski definition) is 2. The van der Waals surface area contributed by atoms with Crippen LogP contribution in [0.5, 0.6) is 0 Å². The van der Waals surface area contributed by atoms with E-state index < -0.39 is 6.04 Å². The normalized spacial score (nSPS) is 27.7. The van der Waals surface area contributed by atoms with Crippen molar-refractivity contribution >= 4 is 23.5 Å². The van der Waals surface area contributed by atoms with Crippen molar-refractivity contribution in [2.75, 3.05) is 31.1 Å². The van der Waals surface area contributed by atoms with Gasteiger partial charge in [0.05, 0.1) is 12.5 Å². The minimum Gasteiger partial charge on any atom is -0.368 e. The Morgan fingerprint density at radius 3 is 2.31 bits per heavy atom. The van der Waals surface area contributed by atoms with E-state index in [1.165, 1.54) is 12.1 Å². The molecular weight excluding hydrogens is 442 g/mol. The quantitative estimate of drug-likeness (QED) is 0.693. The zero-order valence-corrected chi connectivity index (χ0v) is 20.7. The molecule has 4 fully saturated rings. The molecule has 35 heavy (non-hydrogen) atoms. The van der Waals surface area contributed by atoms with Crippen LogP contribution < -0.4 is 15.5 Å². The molecule has 8 nitrogen and oxygen atoms in total. The Balaban J connectivity index is 1.25. The lowest BCUT2D eigenvalue weighted by atomic mass is 9.85. The molecule has 2 aliphatic heterocycles. The van der Waals surface area contributed by atoms with Gasteiger partial charge in [-0.2, -0.15) is 0 Å². The number of urea groups is 1. The van der Waals surface area contributed by atoms with Gasteiger partial charge >= 0.3 is 6.03 Å². The third kappa shape index (κ3) is 5.41. The largest absolute Gasteiger partial charge is 0.368 e. The first-order chi connectivity index (χ1) is 17.1. The maximum absolute atomic E-state index is 13.5. The van der Waals surface area contributed by atoms with Crippen LogP contribution in [0, 0.1) is 0 Å². The zero-order valence-electron chi connectivity index (χ0n) is 20.7. The average molecular weight is 482 g/mol. The Hall–Kier alpha value is -2.77. The van der Waals surface area contributed by atoms with Crippen LogP contribution in [0.15, 0.2) is 30.3 Å². The molecule has 1 aromatic carbocycles. The van der Waals surface area contributed by atoms with E-state index in [0.717, 1.165) is 64.5 Å². The predicted molar refractivity (Wildman–Crippen MR) is 135 cm³/mol. The number of fused-ring (bicyclic) bond motifs is 1. The second-order valence-corrected chi connectivity index (χ2v) is 10.6. The van der Waals surface area contributed by atoms with Crippen molar-refractivity contribution in [1.82, 2.24) is 20.4 Å². The van der Waals surface area contributed by atoms with Gasteiger partial charge in [-0.25, -0.2) is 4.79 Å². The fourth-order valence-corrected chi connectivity index (χ4v) is 6.38. The lowest BCUT2D eigenvalue weighted by molar-refractivity contribution is -0.140. The summed E-state index contributed by atoms with van der Waals surface area (Å²) in [6, 6.07) is 9.48. The standard InChI is InChI=1S/C27H39N5O3/c33-25(31-17-15-30(16-18-31)21-11-5-2-6-12-21)19-24-26(34)29-22-13-7-8-14-23(22)32(24)27(35)28-20-9-3-1-4-10-20/h2,5-6,11-12,20,22-24H,1,3-4,7-10,13-19H2,(H,28,35)(H,29,34). The molecule has 0 spiro atoms. The Morgan fingerprint density at radius 2 is 1.57 bits per heavy atom. The fourth-order valence-electron chi connectivity index (χ4n) is 6.38. The summed E-state index contributed by atoms with van der Waals surface area (Å²) in [5.74, 6) is -0.217. The molecule has 4 amide bonds. The van der Waals surface area contributed by atoms with E-state index in [0.29, 0.717) is 13.1 Å². The van der Waals surface area contributed by atoms with Crippen LogP contribution >= 0.6 is 0 Å². The summed E-state index contributed by atoms with van der Waals surface area (Å²) in [6.45, 7) is 2.79. The van der Waals surface area contributed by atoms with Crippen molar-refractivity contribution < 1.29 is 14.4 Å². The molecule has 5 rings (SSSR count). The van der Waals surface area contributed by atoms with Gasteiger partial charge in [0.2, 0.25) is 11.8 Å². The van der Waals surface area contributed by atoms with E-state index in [-0.39, 0.29) is 42.4 Å². The van der Waals surface area contributed by atoms with Gasteiger partial charge in [0.25, 0.3) is 0 Å². The maximum Gasteiger partial charge on any atom is 0.318 e. The molecule has 4 aliphatic rings. The predicted octanol–water partition coefficient (Wildman–Crippen LogP) is 2.88. The summed E-state index contributed by atoms with van der Waals surface area (Å²) in [6.07, 6.45) is 9.42. The third-order valence-corrected chi connectivity index (χ3v) is 8.34. The Kier molecular flexibility index (Phi) is 7.44. The topological polar surface area (TPSA) is 85.0 Å². The first-order valence-electron chi connectivity index (χ1n) is 13.6. The van der Waals surface area contributed by atoms with E-state index >= 15 is 0 Å². The van der Waals surface area contributed by atoms with Crippen LogP contribution in [0.1, 0.15) is 64.2 Å². The highest BCUT2D eigenvalue weighted by Crippen LogP contribution is 2.30. The Labute approximate surface area is 208 Å². The van der Waals surface area contributed by atoms with Crippen LogP contribution in [0.4, 0.5) is 10.5 Å². The number of piperazine rings is 2. The van der Waals surface area contributed by atoms with Crippen LogP contribution in [0.2, 0.25) is 0 Å². The summed E-state index contributed by atoms with van der Waals surface area (Å²) in [5.41, 5.74) is 1.17. The molecule has 3 unspecified atom stereocenters. The maximum atomic E-state index is 13.5. The van der Waals surface area contributed by atoms with E-state index in [9.17, 15) is 14.4 Å². The molecule has 0 radical (unpaired) electrons. The van der Waals surface area contributed by atoms with Gasteiger partial charge in [0.15, 0.2) is 0 Å². The molecule has 0 bridgehead atoms. The number of hydrogen-bond acceptors (Lipinski definition) is 4. The first-order valence-corrected chi connectivity index (χ1v) is 13.6. The number of carbonyl (C=O) groups is 3. The Bertz CT molecular complexity index is 895. The molecule has 3 atom stereocenters. The van der Waals surface area contributed by atoms with Gasteiger partial charge in [-0.15, -0.1) is 0 Å². The summed E-state index contributed by atoms with van der Waals surface area (Å²) < 4.78 is 0. The van der Waals surface area contributed by atoms with Gasteiger partial charge in [0, 0.05) is 44.0 Å². The van der Waals surface area contributed by atoms with Crippen LogP contribution in [0.25, 0.3) is 0 Å². The molecule has 2 heterocycles. The fraction of sp³-hybridized carbons (Fsp3) is 0.667. The third-order valence-electron chi connectivity index (χ3n) is 8.34. The van der Waals surface area contributed by atoms with Gasteiger partial charge in [-0.1, -0.05) is 50.3 Å². The lowest BCUT2D eigenvalue weighted by Crippen LogP contribution is -2.70. The summed E-state index contributed by atoms with van der Waals surface area (Å²) in [4.78, 5) is 46.0. The first kappa shape index (κ1) is 23.9. The van der Waals surface area contributed by atoms with E-state index in [2.05, 4.69) is 27.7 Å². The number of amides is 4. The molecule has 190 valence electrons. The molecule has 0 aromatic heterocycles. The van der Waals surface area contributed by atoms with Crippen molar-refractivity contribution in [3.05, 3.63) is 30.3 Å². The molecule has 2 N–H and O–H groups in total. The highest BCUT2D eigenvalue weighted by molar-refractivity contribution is 5.93. The average Bonchev–Trinajstić information content (AvgIpc) is 2.90. The molecule has 8 heteroatoms. The number of nitrogens with zero attached hydrogens (tertiary/aromatic N) is 3. The van der Waals surface area contributed by atoms with Crippen molar-refractivity contribution in [2.24, 2.45) is 0 Å². The van der Waals surface area contributed by atoms with Crippen molar-refractivity contribution in [1.29, 1.82) is 0 Å². The van der Waals surface area contributed by atoms with E-state index in [1.54, 1.807) is 4.90 Å². The number of rotatable bonds is 4. The molecule has 1 aromatic rings. The van der Waals surface area contributed by atoms with Crippen LogP contribution in [-0.4, -0.2) is 78.0 Å². The summed E-state index contributed by atoms with van der Waals surface area (Å²) >= 11 is 0. The molecule has 2 saturated heterocycles. The van der Waals surface area contributed by atoms with E-state index in [1.807, 2.05) is 23.1 Å². The number of anilines is 1. The monoisotopic (exact) mass is 481 g/mol. The summed E-state index contributed by atoms with van der Waals surface area (Å²) in [5, 5.41) is 6.38. The minimum atomic E-state index is -0.738. The van der Waals surface area contributed by atoms with Gasteiger partial charge in [-0.3, -0.25) is 9.59 Å². The number of para-hydroxylation sites is 1. The SMILES string of the molecule is O=C1NC2CCCCC2N(C(=O)NC2CCCCC2)C1CC(=O)N1CCN(c2ccccc2)CC1. The zero-order chi connectivity index (χ0) is 24.2. The highest BCUT2D eigenvalue weighted by Gasteiger charge is 2.46. The van der Waals surface area contributed by atoms with Crippen molar-refractivity contribution in [2.45, 2.75) is 88.4 Å². The number of carbonyl (C=O) groups excluding carboxylic acids is 3. The number of benzene rings is 1. The smallest absolute Gasteiger partial charge is 0.318 e. The van der Waals surface area contributed by atoms with Gasteiger partial charge in [0.1, 0.15) is 6.04 Å². The molecular formula is C27H39N5O3. The van der Waals surface area contributed by atoms with Crippen LogP contribution in [0.3, 0.4) is 0 Å². The van der Waals surface area contributed by atoms with Gasteiger partial charge < -0.3 is 25.3 Å². The second-order valence-electron chi connectivity index (χ2n) is 10.6. The van der Waals surface area contributed by atoms with Gasteiger partial charge in [-0.05, 0) is 37.8 Å². The highest BCUT2D eigenvalue weighted by atomic mass is 16.2.